The highest BCUT2D eigenvalue weighted by atomic mass is 16.5. The van der Waals surface area contributed by atoms with E-state index < -0.39 is 0 Å². The fourth-order valence-electron chi connectivity index (χ4n) is 2.64. The lowest BCUT2D eigenvalue weighted by atomic mass is 10.1. The minimum absolute atomic E-state index is 0.00807. The molecule has 0 unspecified atom stereocenters. The number of pyridine rings is 1. The van der Waals surface area contributed by atoms with Crippen LogP contribution in [-0.2, 0) is 22.7 Å². The zero-order valence-corrected chi connectivity index (χ0v) is 12.9. The molecule has 0 aromatic carbocycles. The van der Waals surface area contributed by atoms with Crippen molar-refractivity contribution in [2.75, 3.05) is 6.54 Å². The van der Waals surface area contributed by atoms with Crippen molar-refractivity contribution in [2.24, 2.45) is 5.92 Å². The molecule has 7 heteroatoms. The molecule has 3 rings (SSSR count). The molecule has 0 radical (unpaired) electrons. The summed E-state index contributed by atoms with van der Waals surface area (Å²) in [5.74, 6) is 0.235. The molecule has 1 saturated heterocycles. The molecular formula is C16H18N4O3. The fourth-order valence-corrected chi connectivity index (χ4v) is 2.64. The zero-order chi connectivity index (χ0) is 16.2. The van der Waals surface area contributed by atoms with Gasteiger partial charge in [0.1, 0.15) is 11.5 Å². The Labute approximate surface area is 133 Å². The standard InChI is InChI=1S/C16H18N4O3/c1-11-5-14(19-23-11)8-18-16(22)13-6-15(21)20(10-13)9-12-3-2-4-17-7-12/h2-5,7,13H,6,8-10H2,1H3,(H,18,22)/t13-/m0/s1. The van der Waals surface area contributed by atoms with E-state index in [1.165, 1.54) is 0 Å². The van der Waals surface area contributed by atoms with Gasteiger partial charge >= 0.3 is 0 Å². The second kappa shape index (κ2) is 6.60. The van der Waals surface area contributed by atoms with Crippen LogP contribution in [0.1, 0.15) is 23.4 Å². The van der Waals surface area contributed by atoms with Crippen LogP contribution in [0.25, 0.3) is 0 Å². The Hall–Kier alpha value is -2.70. The van der Waals surface area contributed by atoms with Crippen molar-refractivity contribution in [3.05, 3.63) is 47.6 Å². The number of amides is 2. The molecule has 2 aromatic heterocycles. The van der Waals surface area contributed by atoms with Gasteiger partial charge in [-0.15, -0.1) is 0 Å². The SMILES string of the molecule is Cc1cc(CNC(=O)[C@H]2CC(=O)N(Cc3cccnc3)C2)no1. The lowest BCUT2D eigenvalue weighted by Gasteiger charge is -2.16. The van der Waals surface area contributed by atoms with Crippen LogP contribution >= 0.6 is 0 Å². The number of hydrogen-bond acceptors (Lipinski definition) is 5. The number of nitrogens with zero attached hydrogens (tertiary/aromatic N) is 3. The molecule has 1 aliphatic rings. The van der Waals surface area contributed by atoms with E-state index >= 15 is 0 Å². The van der Waals surface area contributed by atoms with E-state index in [2.05, 4.69) is 15.5 Å². The van der Waals surface area contributed by atoms with Crippen molar-refractivity contribution in [1.82, 2.24) is 20.4 Å². The average Bonchev–Trinajstić information content (AvgIpc) is 3.12. The van der Waals surface area contributed by atoms with Gasteiger partial charge in [0.05, 0.1) is 12.5 Å². The van der Waals surface area contributed by atoms with Crippen molar-refractivity contribution >= 4 is 11.8 Å². The first-order chi connectivity index (χ1) is 11.1. The fraction of sp³-hybridized carbons (Fsp3) is 0.375. The highest BCUT2D eigenvalue weighted by Gasteiger charge is 2.34. The van der Waals surface area contributed by atoms with Gasteiger partial charge in [-0.25, -0.2) is 0 Å². The first-order valence-electron chi connectivity index (χ1n) is 7.48. The number of rotatable bonds is 5. The van der Waals surface area contributed by atoms with E-state index in [1.807, 2.05) is 12.1 Å². The highest BCUT2D eigenvalue weighted by Crippen LogP contribution is 2.20. The average molecular weight is 314 g/mol. The molecule has 1 aliphatic heterocycles. The molecule has 2 amide bonds. The smallest absolute Gasteiger partial charge is 0.225 e. The summed E-state index contributed by atoms with van der Waals surface area (Å²) in [5, 5.41) is 6.63. The summed E-state index contributed by atoms with van der Waals surface area (Å²) >= 11 is 0. The second-order valence-corrected chi connectivity index (χ2v) is 5.68. The first-order valence-corrected chi connectivity index (χ1v) is 7.48. The topological polar surface area (TPSA) is 88.3 Å². The summed E-state index contributed by atoms with van der Waals surface area (Å²) in [4.78, 5) is 30.0. The van der Waals surface area contributed by atoms with Crippen LogP contribution in [-0.4, -0.2) is 33.4 Å². The Morgan fingerprint density at radius 1 is 1.52 bits per heavy atom. The summed E-state index contributed by atoms with van der Waals surface area (Å²) in [6.07, 6.45) is 3.66. The Balaban J connectivity index is 1.53. The summed E-state index contributed by atoms with van der Waals surface area (Å²) < 4.78 is 4.95. The van der Waals surface area contributed by atoms with Crippen LogP contribution in [0.15, 0.2) is 35.1 Å². The molecule has 1 atom stereocenters. The lowest BCUT2D eigenvalue weighted by molar-refractivity contribution is -0.129. The van der Waals surface area contributed by atoms with Crippen molar-refractivity contribution in [3.8, 4) is 0 Å². The summed E-state index contributed by atoms with van der Waals surface area (Å²) in [5.41, 5.74) is 1.63. The van der Waals surface area contributed by atoms with Gasteiger partial charge in [0.15, 0.2) is 0 Å². The molecule has 0 aliphatic carbocycles. The van der Waals surface area contributed by atoms with E-state index in [0.717, 1.165) is 5.56 Å². The van der Waals surface area contributed by atoms with Gasteiger partial charge in [0.25, 0.3) is 0 Å². The molecular weight excluding hydrogens is 296 g/mol. The Morgan fingerprint density at radius 3 is 3.09 bits per heavy atom. The monoisotopic (exact) mass is 314 g/mol. The van der Waals surface area contributed by atoms with Crippen LogP contribution in [0.4, 0.5) is 0 Å². The van der Waals surface area contributed by atoms with Crippen molar-refractivity contribution in [3.63, 3.8) is 0 Å². The molecule has 120 valence electrons. The number of hydrogen-bond donors (Lipinski definition) is 1. The molecule has 0 spiro atoms. The molecule has 0 saturated carbocycles. The number of aromatic nitrogens is 2. The van der Waals surface area contributed by atoms with E-state index in [0.29, 0.717) is 31.1 Å². The lowest BCUT2D eigenvalue weighted by Crippen LogP contribution is -2.32. The number of likely N-dealkylation sites (tertiary alicyclic amines) is 1. The van der Waals surface area contributed by atoms with E-state index in [4.69, 9.17) is 4.52 Å². The van der Waals surface area contributed by atoms with Crippen molar-refractivity contribution < 1.29 is 14.1 Å². The maximum Gasteiger partial charge on any atom is 0.225 e. The third-order valence-corrected chi connectivity index (χ3v) is 3.80. The first kappa shape index (κ1) is 15.2. The molecule has 23 heavy (non-hydrogen) atoms. The zero-order valence-electron chi connectivity index (χ0n) is 12.9. The predicted molar refractivity (Wildman–Crippen MR) is 80.8 cm³/mol. The minimum Gasteiger partial charge on any atom is -0.361 e. The van der Waals surface area contributed by atoms with E-state index in [9.17, 15) is 9.59 Å². The van der Waals surface area contributed by atoms with Crippen LogP contribution in [0.2, 0.25) is 0 Å². The molecule has 7 nitrogen and oxygen atoms in total. The summed E-state index contributed by atoms with van der Waals surface area (Å²) in [7, 11) is 0. The number of aryl methyl sites for hydroxylation is 1. The van der Waals surface area contributed by atoms with Crippen molar-refractivity contribution in [2.45, 2.75) is 26.4 Å². The number of carbonyl (C=O) groups excluding carboxylic acids is 2. The summed E-state index contributed by atoms with van der Waals surface area (Å²) in [6.45, 7) is 3.02. The highest BCUT2D eigenvalue weighted by molar-refractivity contribution is 5.89. The number of nitrogens with one attached hydrogen (secondary N) is 1. The van der Waals surface area contributed by atoms with Gasteiger partial charge in [0.2, 0.25) is 11.8 Å². The molecule has 1 N–H and O–H groups in total. The van der Waals surface area contributed by atoms with Crippen LogP contribution < -0.4 is 5.32 Å². The van der Waals surface area contributed by atoms with Gasteiger partial charge in [-0.3, -0.25) is 14.6 Å². The number of carbonyl (C=O) groups is 2. The van der Waals surface area contributed by atoms with Crippen molar-refractivity contribution in [1.29, 1.82) is 0 Å². The maximum atomic E-state index is 12.2. The minimum atomic E-state index is -0.327. The van der Waals surface area contributed by atoms with Gasteiger partial charge in [-0.05, 0) is 18.6 Å². The van der Waals surface area contributed by atoms with Crippen LogP contribution in [0, 0.1) is 12.8 Å². The Kier molecular flexibility index (Phi) is 4.36. The van der Waals surface area contributed by atoms with E-state index in [1.54, 1.807) is 30.3 Å². The van der Waals surface area contributed by atoms with Crippen LogP contribution in [0.3, 0.4) is 0 Å². The van der Waals surface area contributed by atoms with Gasteiger partial charge in [0, 0.05) is 38.0 Å². The van der Waals surface area contributed by atoms with E-state index in [-0.39, 0.29) is 24.2 Å². The largest absolute Gasteiger partial charge is 0.361 e. The third-order valence-electron chi connectivity index (χ3n) is 3.80. The molecule has 2 aromatic rings. The molecule has 1 fully saturated rings. The van der Waals surface area contributed by atoms with Gasteiger partial charge in [-0.2, -0.15) is 0 Å². The molecule has 0 bridgehead atoms. The molecule has 3 heterocycles. The van der Waals surface area contributed by atoms with Gasteiger partial charge < -0.3 is 14.7 Å². The normalized spacial score (nSPS) is 17.5. The third kappa shape index (κ3) is 3.74. The summed E-state index contributed by atoms with van der Waals surface area (Å²) in [6, 6.07) is 5.52. The maximum absolute atomic E-state index is 12.2. The quantitative estimate of drug-likeness (QED) is 0.891. The Bertz CT molecular complexity index is 698. The van der Waals surface area contributed by atoms with Gasteiger partial charge in [-0.1, -0.05) is 11.2 Å². The Morgan fingerprint density at radius 2 is 2.39 bits per heavy atom. The predicted octanol–water partition coefficient (Wildman–Crippen LogP) is 1.04. The second-order valence-electron chi connectivity index (χ2n) is 5.68. The van der Waals surface area contributed by atoms with Crippen LogP contribution in [0.5, 0.6) is 0 Å².